The largest absolute Gasteiger partial charge is 0.445 e. The van der Waals surface area contributed by atoms with Crippen LogP contribution in [0.5, 0.6) is 0 Å². The van der Waals surface area contributed by atoms with E-state index < -0.39 is 58.7 Å². The number of hydrogen-bond donors (Lipinski definition) is 4. The Bertz CT molecular complexity index is 1670. The van der Waals surface area contributed by atoms with Gasteiger partial charge >= 0.3 is 6.09 Å². The topological polar surface area (TPSA) is 155 Å². The van der Waals surface area contributed by atoms with Crippen molar-refractivity contribution < 1.29 is 33.5 Å². The van der Waals surface area contributed by atoms with Gasteiger partial charge in [-0.05, 0) is 49.0 Å². The van der Waals surface area contributed by atoms with Gasteiger partial charge in [-0.2, -0.15) is 0 Å². The normalized spacial score (nSPS) is 21.1. The highest BCUT2D eigenvalue weighted by Crippen LogP contribution is 2.39. The van der Waals surface area contributed by atoms with Gasteiger partial charge < -0.3 is 25.6 Å². The number of alkyl carbamates (subject to hydrolysis) is 1. The zero-order valence-electron chi connectivity index (χ0n) is 28.5. The molecule has 2 aliphatic heterocycles. The van der Waals surface area contributed by atoms with Gasteiger partial charge in [-0.15, -0.1) is 0 Å². The second kappa shape index (κ2) is 15.4. The second-order valence-electron chi connectivity index (χ2n) is 14.1. The molecule has 4 atom stereocenters. The summed E-state index contributed by atoms with van der Waals surface area (Å²) in [5, 5.41) is 9.10. The van der Waals surface area contributed by atoms with Crippen molar-refractivity contribution in [3.05, 3.63) is 75.8 Å². The molecule has 5 rings (SSSR count). The Morgan fingerprint density at radius 3 is 2.46 bits per heavy atom. The van der Waals surface area contributed by atoms with Crippen LogP contribution in [-0.2, 0) is 35.4 Å². The zero-order chi connectivity index (χ0) is 36.2. The van der Waals surface area contributed by atoms with Crippen LogP contribution in [0.25, 0.3) is 5.70 Å². The Kier molecular flexibility index (Phi) is 11.4. The van der Waals surface area contributed by atoms with Gasteiger partial charge in [0.25, 0.3) is 5.91 Å². The number of nitrogens with one attached hydrogen (secondary N) is 4. The number of nitrogens with zero attached hydrogens (tertiary/aromatic N) is 1. The number of likely N-dealkylation sites (tertiary alicyclic amines) is 1. The molecule has 3 aliphatic rings. The molecule has 1 saturated heterocycles. The minimum absolute atomic E-state index is 0.0246. The Hall–Kier alpha value is -4.13. The summed E-state index contributed by atoms with van der Waals surface area (Å²) in [5.41, 5.74) is 2.89. The number of ketones is 1. The van der Waals surface area contributed by atoms with Gasteiger partial charge in [-0.3, -0.25) is 29.5 Å². The van der Waals surface area contributed by atoms with Crippen LogP contribution in [-0.4, -0.2) is 70.8 Å². The van der Waals surface area contributed by atoms with Crippen LogP contribution in [0.15, 0.2) is 54.6 Å². The number of carbonyl (C=O) groups is 5. The monoisotopic (exact) mass is 727 g/mol. The molecule has 1 aliphatic carbocycles. The Morgan fingerprint density at radius 2 is 1.80 bits per heavy atom. The van der Waals surface area contributed by atoms with Gasteiger partial charge in [-0.1, -0.05) is 87.6 Å². The fourth-order valence-electron chi connectivity index (χ4n) is 6.02. The first-order chi connectivity index (χ1) is 23.7. The molecule has 14 heteroatoms. The SMILES string of the molecule is CCC[C@H](NC(=O)[C@@H]1C[C@]2(C=C(c3cccc(Cl)c3)NO2)CN1C(=O)[C@@H](NC(=O)OCc1ccccc1Cl)C(C)(C)C)C(=O)C(=O)NC1CC1. The van der Waals surface area contributed by atoms with Crippen LogP contribution in [0.1, 0.15) is 70.9 Å². The second-order valence-corrected chi connectivity index (χ2v) is 14.9. The van der Waals surface area contributed by atoms with E-state index in [2.05, 4.69) is 21.4 Å². The summed E-state index contributed by atoms with van der Waals surface area (Å²) < 4.78 is 5.43. The van der Waals surface area contributed by atoms with Gasteiger partial charge in [-0.25, -0.2) is 4.79 Å². The Balaban J connectivity index is 1.40. The van der Waals surface area contributed by atoms with Gasteiger partial charge in [0.1, 0.15) is 24.3 Å². The molecular formula is C36H43Cl2N5O7. The molecule has 0 bridgehead atoms. The van der Waals surface area contributed by atoms with E-state index in [1.54, 1.807) is 69.3 Å². The predicted molar refractivity (Wildman–Crippen MR) is 188 cm³/mol. The summed E-state index contributed by atoms with van der Waals surface area (Å²) in [6.45, 7) is 7.01. The molecular weight excluding hydrogens is 685 g/mol. The maximum atomic E-state index is 14.5. The highest BCUT2D eigenvalue weighted by molar-refractivity contribution is 6.38. The van der Waals surface area contributed by atoms with E-state index in [-0.39, 0.29) is 32.0 Å². The average molecular weight is 729 g/mol. The summed E-state index contributed by atoms with van der Waals surface area (Å²) >= 11 is 12.5. The fourth-order valence-corrected chi connectivity index (χ4v) is 6.40. The summed E-state index contributed by atoms with van der Waals surface area (Å²) in [6, 6.07) is 10.7. The van der Waals surface area contributed by atoms with Crippen molar-refractivity contribution in [2.24, 2.45) is 5.41 Å². The van der Waals surface area contributed by atoms with E-state index in [0.29, 0.717) is 27.7 Å². The van der Waals surface area contributed by atoms with E-state index in [1.807, 2.05) is 13.0 Å². The van der Waals surface area contributed by atoms with Crippen molar-refractivity contribution in [2.75, 3.05) is 6.54 Å². The molecule has 50 heavy (non-hydrogen) atoms. The molecule has 0 unspecified atom stereocenters. The number of hydroxylamine groups is 1. The lowest BCUT2D eigenvalue weighted by molar-refractivity contribution is -0.144. The molecule has 4 N–H and O–H groups in total. The highest BCUT2D eigenvalue weighted by Gasteiger charge is 2.54. The minimum Gasteiger partial charge on any atom is -0.445 e. The molecule has 2 heterocycles. The van der Waals surface area contributed by atoms with E-state index in [1.165, 1.54) is 4.90 Å². The van der Waals surface area contributed by atoms with Crippen LogP contribution < -0.4 is 21.4 Å². The van der Waals surface area contributed by atoms with Crippen LogP contribution >= 0.6 is 23.2 Å². The molecule has 1 saturated carbocycles. The van der Waals surface area contributed by atoms with Gasteiger partial charge in [0.2, 0.25) is 17.6 Å². The number of hydrogen-bond acceptors (Lipinski definition) is 8. The Morgan fingerprint density at radius 1 is 1.06 bits per heavy atom. The zero-order valence-corrected chi connectivity index (χ0v) is 30.0. The number of benzene rings is 2. The molecule has 1 spiro atoms. The third-order valence-electron chi connectivity index (χ3n) is 8.88. The molecule has 12 nitrogen and oxygen atoms in total. The number of halogens is 2. The highest BCUT2D eigenvalue weighted by atomic mass is 35.5. The van der Waals surface area contributed by atoms with Crippen molar-refractivity contribution in [1.29, 1.82) is 0 Å². The first kappa shape index (κ1) is 37.1. The van der Waals surface area contributed by atoms with Crippen LogP contribution in [0.4, 0.5) is 4.79 Å². The summed E-state index contributed by atoms with van der Waals surface area (Å²) in [7, 11) is 0. The van der Waals surface area contributed by atoms with Crippen LogP contribution in [0.2, 0.25) is 10.0 Å². The lowest BCUT2D eigenvalue weighted by Crippen LogP contribution is -2.59. The van der Waals surface area contributed by atoms with Gasteiger partial charge in [0, 0.05) is 33.6 Å². The van der Waals surface area contributed by atoms with Crippen molar-refractivity contribution in [1.82, 2.24) is 26.3 Å². The third-order valence-corrected chi connectivity index (χ3v) is 9.49. The quantitative estimate of drug-likeness (QED) is 0.230. The Labute approximate surface area is 301 Å². The summed E-state index contributed by atoms with van der Waals surface area (Å²) in [5.74, 6) is -2.66. The summed E-state index contributed by atoms with van der Waals surface area (Å²) in [4.78, 5) is 74.9. The van der Waals surface area contributed by atoms with Gasteiger partial charge in [0.15, 0.2) is 0 Å². The molecule has 2 fully saturated rings. The molecule has 268 valence electrons. The first-order valence-corrected chi connectivity index (χ1v) is 17.5. The number of Topliss-reactive ketones (excluding diaryl/α,β-unsaturated/α-hetero) is 1. The van der Waals surface area contributed by atoms with E-state index >= 15 is 0 Å². The lowest BCUT2D eigenvalue weighted by Gasteiger charge is -2.35. The molecule has 0 aromatic heterocycles. The number of rotatable bonds is 12. The molecule has 4 amide bonds. The first-order valence-electron chi connectivity index (χ1n) is 16.7. The van der Waals surface area contributed by atoms with Gasteiger partial charge in [0.05, 0.1) is 18.3 Å². The fraction of sp³-hybridized carbons (Fsp3) is 0.472. The van der Waals surface area contributed by atoms with E-state index in [4.69, 9.17) is 32.8 Å². The van der Waals surface area contributed by atoms with Crippen molar-refractivity contribution >= 4 is 58.5 Å². The maximum absolute atomic E-state index is 14.5. The number of carbonyl (C=O) groups excluding carboxylic acids is 5. The van der Waals surface area contributed by atoms with E-state index in [9.17, 15) is 24.0 Å². The molecule has 0 radical (unpaired) electrons. The van der Waals surface area contributed by atoms with Crippen LogP contribution in [0.3, 0.4) is 0 Å². The smallest absolute Gasteiger partial charge is 0.408 e. The van der Waals surface area contributed by atoms with Crippen molar-refractivity contribution in [2.45, 2.75) is 96.2 Å². The average Bonchev–Trinajstić information content (AvgIpc) is 3.66. The standard InChI is InChI=1S/C36H43Cl2N5O7/c1-5-9-26(29(44)32(46)39-24-14-15-24)40-31(45)28-18-36(17-27(42-50-36)21-11-8-12-23(37)16-21)20-43(28)33(47)30(35(2,3)4)41-34(48)49-19-22-10-6-7-13-25(22)38/h6-8,10-13,16-17,24,26,28,30,42H,5,9,14-15,18-20H2,1-4H3,(H,39,46)(H,40,45)(H,41,48)/t26-,28-,30+,36+/m0/s1. The maximum Gasteiger partial charge on any atom is 0.408 e. The number of ether oxygens (including phenoxy) is 1. The number of amides is 4. The van der Waals surface area contributed by atoms with E-state index in [0.717, 1.165) is 18.4 Å². The van der Waals surface area contributed by atoms with Crippen molar-refractivity contribution in [3.63, 3.8) is 0 Å². The molecule has 2 aromatic carbocycles. The third kappa shape index (κ3) is 8.96. The summed E-state index contributed by atoms with van der Waals surface area (Å²) in [6.07, 6.45) is 3.36. The van der Waals surface area contributed by atoms with Crippen molar-refractivity contribution in [3.8, 4) is 0 Å². The molecule has 2 aromatic rings. The predicted octanol–water partition coefficient (Wildman–Crippen LogP) is 4.68. The van der Waals surface area contributed by atoms with Crippen LogP contribution in [0, 0.1) is 5.41 Å². The lowest BCUT2D eigenvalue weighted by atomic mass is 9.85. The minimum atomic E-state index is -1.14.